The number of hydrogen-bond acceptors (Lipinski definition) is 5. The Kier molecular flexibility index (Phi) is 5.76. The molecule has 5 heteroatoms. The van der Waals surface area contributed by atoms with Gasteiger partial charge in [0.2, 0.25) is 5.95 Å². The van der Waals surface area contributed by atoms with Crippen LogP contribution in [0.3, 0.4) is 0 Å². The molecular weight excluding hydrogens is 358 g/mol. The smallest absolute Gasteiger partial charge is 0.232 e. The van der Waals surface area contributed by atoms with Crippen molar-refractivity contribution in [1.82, 2.24) is 15.0 Å². The standard InChI is InChI=1S/C24H23N5/c1-2-29(21-14-7-4-8-15-21)24-27-22(19-11-5-3-6-12-19)17-23(28-24)26-18-20-13-9-10-16-25-20/h3-17H,2,18H2,1H3,(H,26,27,28). The molecule has 0 spiro atoms. The van der Waals surface area contributed by atoms with Gasteiger partial charge in [0.15, 0.2) is 0 Å². The zero-order valence-corrected chi connectivity index (χ0v) is 16.4. The van der Waals surface area contributed by atoms with Crippen LogP contribution >= 0.6 is 0 Å². The van der Waals surface area contributed by atoms with Gasteiger partial charge in [0.1, 0.15) is 5.82 Å². The lowest BCUT2D eigenvalue weighted by atomic mass is 10.1. The Balaban J connectivity index is 1.71. The predicted octanol–water partition coefficient (Wildman–Crippen LogP) is 5.31. The Hall–Kier alpha value is -3.73. The van der Waals surface area contributed by atoms with E-state index in [2.05, 4.69) is 46.4 Å². The summed E-state index contributed by atoms with van der Waals surface area (Å²) in [7, 11) is 0. The molecule has 0 unspecified atom stereocenters. The minimum atomic E-state index is 0.600. The van der Waals surface area contributed by atoms with Gasteiger partial charge in [-0.3, -0.25) is 4.98 Å². The van der Waals surface area contributed by atoms with Crippen LogP contribution in [0.4, 0.5) is 17.5 Å². The minimum Gasteiger partial charge on any atom is -0.364 e. The van der Waals surface area contributed by atoms with Crippen LogP contribution < -0.4 is 10.2 Å². The SMILES string of the molecule is CCN(c1ccccc1)c1nc(NCc2ccccn2)cc(-c2ccccc2)n1. The number of rotatable bonds is 7. The van der Waals surface area contributed by atoms with Crippen molar-refractivity contribution in [2.75, 3.05) is 16.8 Å². The highest BCUT2D eigenvalue weighted by molar-refractivity contribution is 5.67. The van der Waals surface area contributed by atoms with Crippen molar-refractivity contribution in [3.63, 3.8) is 0 Å². The van der Waals surface area contributed by atoms with Gasteiger partial charge < -0.3 is 10.2 Å². The second-order valence-corrected chi connectivity index (χ2v) is 6.56. The Labute approximate surface area is 171 Å². The summed E-state index contributed by atoms with van der Waals surface area (Å²) in [6.45, 7) is 3.47. The summed E-state index contributed by atoms with van der Waals surface area (Å²) < 4.78 is 0. The van der Waals surface area contributed by atoms with Crippen molar-refractivity contribution in [1.29, 1.82) is 0 Å². The molecule has 0 bridgehead atoms. The van der Waals surface area contributed by atoms with Crippen LogP contribution in [-0.2, 0) is 6.54 Å². The van der Waals surface area contributed by atoms with Crippen LogP contribution in [0, 0.1) is 0 Å². The van der Waals surface area contributed by atoms with E-state index in [9.17, 15) is 0 Å². The van der Waals surface area contributed by atoms with Gasteiger partial charge in [-0.05, 0) is 31.2 Å². The van der Waals surface area contributed by atoms with E-state index in [0.717, 1.165) is 35.0 Å². The van der Waals surface area contributed by atoms with E-state index >= 15 is 0 Å². The van der Waals surface area contributed by atoms with Gasteiger partial charge in [-0.15, -0.1) is 0 Å². The molecule has 0 amide bonds. The van der Waals surface area contributed by atoms with Crippen LogP contribution in [-0.4, -0.2) is 21.5 Å². The highest BCUT2D eigenvalue weighted by Crippen LogP contribution is 2.27. The average Bonchev–Trinajstić information content (AvgIpc) is 2.80. The summed E-state index contributed by atoms with van der Waals surface area (Å²) in [4.78, 5) is 16.2. The third-order valence-electron chi connectivity index (χ3n) is 4.59. The number of benzene rings is 2. The van der Waals surface area contributed by atoms with Crippen LogP contribution in [0.15, 0.2) is 91.1 Å². The van der Waals surface area contributed by atoms with Gasteiger partial charge >= 0.3 is 0 Å². The zero-order valence-electron chi connectivity index (χ0n) is 16.4. The summed E-state index contributed by atoms with van der Waals surface area (Å²) in [5.41, 5.74) is 3.97. The average molecular weight is 381 g/mol. The Morgan fingerprint density at radius 1 is 0.828 bits per heavy atom. The Morgan fingerprint density at radius 2 is 1.55 bits per heavy atom. The van der Waals surface area contributed by atoms with E-state index in [1.165, 1.54) is 0 Å². The first-order valence-electron chi connectivity index (χ1n) is 9.74. The van der Waals surface area contributed by atoms with Crippen LogP contribution in [0.5, 0.6) is 0 Å². The highest BCUT2D eigenvalue weighted by Gasteiger charge is 2.14. The fraction of sp³-hybridized carbons (Fsp3) is 0.125. The van der Waals surface area contributed by atoms with Gasteiger partial charge in [0.25, 0.3) is 0 Å². The molecule has 5 nitrogen and oxygen atoms in total. The molecule has 0 aliphatic heterocycles. The van der Waals surface area contributed by atoms with Crippen molar-refractivity contribution in [2.24, 2.45) is 0 Å². The van der Waals surface area contributed by atoms with Gasteiger partial charge in [-0.25, -0.2) is 4.98 Å². The second-order valence-electron chi connectivity index (χ2n) is 6.56. The van der Waals surface area contributed by atoms with Crippen molar-refractivity contribution in [3.8, 4) is 11.3 Å². The minimum absolute atomic E-state index is 0.600. The number of nitrogens with zero attached hydrogens (tertiary/aromatic N) is 4. The van der Waals surface area contributed by atoms with Crippen molar-refractivity contribution in [2.45, 2.75) is 13.5 Å². The van der Waals surface area contributed by atoms with Crippen LogP contribution in [0.2, 0.25) is 0 Å². The normalized spacial score (nSPS) is 10.5. The number of para-hydroxylation sites is 1. The van der Waals surface area contributed by atoms with E-state index < -0.39 is 0 Å². The van der Waals surface area contributed by atoms with Crippen molar-refractivity contribution < 1.29 is 0 Å². The number of aromatic nitrogens is 3. The highest BCUT2D eigenvalue weighted by atomic mass is 15.3. The molecule has 1 N–H and O–H groups in total. The first-order chi connectivity index (χ1) is 14.3. The molecule has 2 heterocycles. The molecule has 2 aromatic heterocycles. The van der Waals surface area contributed by atoms with E-state index in [4.69, 9.17) is 9.97 Å². The molecule has 2 aromatic carbocycles. The zero-order chi connectivity index (χ0) is 19.9. The first kappa shape index (κ1) is 18.6. The van der Waals surface area contributed by atoms with Gasteiger partial charge in [0, 0.05) is 30.1 Å². The summed E-state index contributed by atoms with van der Waals surface area (Å²) in [5, 5.41) is 3.40. The van der Waals surface area contributed by atoms with Crippen molar-refractivity contribution in [3.05, 3.63) is 96.8 Å². The van der Waals surface area contributed by atoms with E-state index in [1.807, 2.05) is 60.7 Å². The van der Waals surface area contributed by atoms with Crippen LogP contribution in [0.1, 0.15) is 12.6 Å². The number of hydrogen-bond donors (Lipinski definition) is 1. The van der Waals surface area contributed by atoms with E-state index in [-0.39, 0.29) is 0 Å². The maximum Gasteiger partial charge on any atom is 0.232 e. The number of anilines is 3. The summed E-state index contributed by atoms with van der Waals surface area (Å²) in [5.74, 6) is 1.44. The first-order valence-corrected chi connectivity index (χ1v) is 9.74. The molecule has 0 fully saturated rings. The lowest BCUT2D eigenvalue weighted by Gasteiger charge is -2.22. The second kappa shape index (κ2) is 8.97. The molecule has 0 atom stereocenters. The fourth-order valence-corrected chi connectivity index (χ4v) is 3.13. The lowest BCUT2D eigenvalue weighted by Crippen LogP contribution is -2.19. The van der Waals surface area contributed by atoms with E-state index in [1.54, 1.807) is 6.20 Å². The molecule has 4 rings (SSSR count). The molecule has 0 radical (unpaired) electrons. The monoisotopic (exact) mass is 381 g/mol. The number of nitrogens with one attached hydrogen (secondary N) is 1. The molecule has 0 aliphatic carbocycles. The van der Waals surface area contributed by atoms with Gasteiger partial charge in [0.05, 0.1) is 17.9 Å². The summed E-state index contributed by atoms with van der Waals surface area (Å²) >= 11 is 0. The Morgan fingerprint density at radius 3 is 2.24 bits per heavy atom. The number of pyridine rings is 1. The lowest BCUT2D eigenvalue weighted by molar-refractivity contribution is 0.940. The summed E-state index contributed by atoms with van der Waals surface area (Å²) in [6.07, 6.45) is 1.80. The maximum absolute atomic E-state index is 4.87. The van der Waals surface area contributed by atoms with Crippen molar-refractivity contribution >= 4 is 17.5 Å². The van der Waals surface area contributed by atoms with E-state index in [0.29, 0.717) is 12.5 Å². The summed E-state index contributed by atoms with van der Waals surface area (Å²) in [6, 6.07) is 28.3. The van der Waals surface area contributed by atoms with Crippen LogP contribution in [0.25, 0.3) is 11.3 Å². The maximum atomic E-state index is 4.87. The predicted molar refractivity (Wildman–Crippen MR) is 118 cm³/mol. The third kappa shape index (κ3) is 4.58. The molecule has 4 aromatic rings. The molecular formula is C24H23N5. The van der Waals surface area contributed by atoms with Gasteiger partial charge in [-0.1, -0.05) is 54.6 Å². The molecule has 29 heavy (non-hydrogen) atoms. The fourth-order valence-electron chi connectivity index (χ4n) is 3.13. The third-order valence-corrected chi connectivity index (χ3v) is 4.59. The molecule has 144 valence electrons. The molecule has 0 saturated heterocycles. The topological polar surface area (TPSA) is 53.9 Å². The Bertz CT molecular complexity index is 1040. The molecule has 0 saturated carbocycles. The quantitative estimate of drug-likeness (QED) is 0.470. The van der Waals surface area contributed by atoms with Gasteiger partial charge in [-0.2, -0.15) is 4.98 Å². The molecule has 0 aliphatic rings. The largest absolute Gasteiger partial charge is 0.364 e.